The van der Waals surface area contributed by atoms with Crippen molar-refractivity contribution in [1.82, 2.24) is 0 Å². The lowest BCUT2D eigenvalue weighted by Crippen LogP contribution is -2.14. The van der Waals surface area contributed by atoms with Crippen LogP contribution >= 0.6 is 22.6 Å². The molecule has 0 spiro atoms. The lowest BCUT2D eigenvalue weighted by atomic mass is 10.6. The van der Waals surface area contributed by atoms with E-state index in [1.807, 2.05) is 22.6 Å². The summed E-state index contributed by atoms with van der Waals surface area (Å²) in [4.78, 5) is 9.80. The number of ether oxygens (including phenoxy) is 1. The molecule has 0 aromatic heterocycles. The molecule has 0 radical (unpaired) electrons. The van der Waals surface area contributed by atoms with Gasteiger partial charge in [0.15, 0.2) is 0 Å². The minimum absolute atomic E-state index is 0.348. The highest BCUT2D eigenvalue weighted by atomic mass is 127. The van der Waals surface area contributed by atoms with Gasteiger partial charge in [-0.3, -0.25) is 4.79 Å². The Morgan fingerprint density at radius 3 is 3.00 bits per heavy atom. The maximum Gasteiger partial charge on any atom is 0.296 e. The highest BCUT2D eigenvalue weighted by Gasteiger charge is 2.26. The summed E-state index contributed by atoms with van der Waals surface area (Å²) < 4.78 is 3.67. The molecule has 0 bridgehead atoms. The van der Waals surface area contributed by atoms with Gasteiger partial charge in [0.1, 0.15) is 0 Å². The van der Waals surface area contributed by atoms with Crippen LogP contribution in [0.25, 0.3) is 0 Å². The van der Waals surface area contributed by atoms with Crippen LogP contribution in [0.15, 0.2) is 22.5 Å². The lowest BCUT2D eigenvalue weighted by molar-refractivity contribution is -0.132. The number of carbonyl (C=O) groups excluding carboxylic acids is 1. The molecule has 1 unspecified atom stereocenters. The summed E-state index contributed by atoms with van der Waals surface area (Å²) in [7, 11) is 0. The first-order valence-corrected chi connectivity index (χ1v) is 3.25. The van der Waals surface area contributed by atoms with E-state index in [0.717, 1.165) is 0 Å². The van der Waals surface area contributed by atoms with Crippen molar-refractivity contribution in [3.8, 4) is 0 Å². The SMILES string of the molecule is O=COC1(I)C=CN=N1. The van der Waals surface area contributed by atoms with E-state index in [1.54, 1.807) is 6.08 Å². The first-order chi connectivity index (χ1) is 4.27. The van der Waals surface area contributed by atoms with Crippen LogP contribution in [0.1, 0.15) is 0 Å². The fourth-order valence-corrected chi connectivity index (χ4v) is 0.790. The van der Waals surface area contributed by atoms with Crippen LogP contribution in [0.4, 0.5) is 0 Å². The zero-order valence-corrected chi connectivity index (χ0v) is 6.48. The van der Waals surface area contributed by atoms with E-state index in [9.17, 15) is 4.79 Å². The Morgan fingerprint density at radius 1 is 1.78 bits per heavy atom. The zero-order valence-electron chi connectivity index (χ0n) is 4.32. The Morgan fingerprint density at radius 2 is 2.56 bits per heavy atom. The summed E-state index contributed by atoms with van der Waals surface area (Å²) in [5, 5.41) is 7.11. The number of hydrogen-bond donors (Lipinski definition) is 0. The topological polar surface area (TPSA) is 51.0 Å². The molecule has 1 heterocycles. The molecule has 4 nitrogen and oxygen atoms in total. The molecule has 0 N–H and O–H groups in total. The average molecular weight is 238 g/mol. The first kappa shape index (κ1) is 6.66. The Labute approximate surface area is 65.1 Å². The van der Waals surface area contributed by atoms with Crippen LogP contribution in [0, 0.1) is 0 Å². The van der Waals surface area contributed by atoms with Gasteiger partial charge in [0.05, 0.1) is 6.20 Å². The summed E-state index contributed by atoms with van der Waals surface area (Å²) in [5.74, 6) is 0. The van der Waals surface area contributed by atoms with E-state index >= 15 is 0 Å². The molecule has 0 aliphatic carbocycles. The van der Waals surface area contributed by atoms with Crippen LogP contribution in [0.5, 0.6) is 0 Å². The molecule has 9 heavy (non-hydrogen) atoms. The van der Waals surface area contributed by atoms with Gasteiger partial charge in [0.25, 0.3) is 10.2 Å². The monoisotopic (exact) mass is 238 g/mol. The van der Waals surface area contributed by atoms with E-state index in [2.05, 4.69) is 15.0 Å². The molecule has 1 aliphatic rings. The molecular weight excluding hydrogens is 235 g/mol. The van der Waals surface area contributed by atoms with Gasteiger partial charge >= 0.3 is 0 Å². The Kier molecular flexibility index (Phi) is 1.79. The molecule has 0 aromatic rings. The minimum atomic E-state index is -0.875. The third kappa shape index (κ3) is 1.47. The highest BCUT2D eigenvalue weighted by molar-refractivity contribution is 14.1. The molecule has 0 saturated heterocycles. The number of nitrogens with zero attached hydrogens (tertiary/aromatic N) is 2. The summed E-state index contributed by atoms with van der Waals surface area (Å²) in [6, 6.07) is 0. The van der Waals surface area contributed by atoms with Gasteiger partial charge in [-0.05, 0) is 0 Å². The maximum atomic E-state index is 9.80. The van der Waals surface area contributed by atoms with Crippen molar-refractivity contribution >= 4 is 29.1 Å². The van der Waals surface area contributed by atoms with E-state index < -0.39 is 3.73 Å². The Balaban J connectivity index is 2.63. The Bertz CT molecular complexity index is 165. The van der Waals surface area contributed by atoms with Crippen LogP contribution in [-0.2, 0) is 9.53 Å². The van der Waals surface area contributed by atoms with Crippen LogP contribution in [-0.4, -0.2) is 10.2 Å². The molecule has 0 fully saturated rings. The molecule has 48 valence electrons. The minimum Gasteiger partial charge on any atom is -0.424 e. The zero-order chi connectivity index (χ0) is 6.74. The number of carbonyl (C=O) groups is 1. The van der Waals surface area contributed by atoms with Crippen LogP contribution in [0.2, 0.25) is 0 Å². The van der Waals surface area contributed by atoms with E-state index in [-0.39, 0.29) is 0 Å². The van der Waals surface area contributed by atoms with Crippen molar-refractivity contribution in [2.45, 2.75) is 3.73 Å². The Hall–Kier alpha value is -0.460. The second kappa shape index (κ2) is 2.42. The predicted octanol–water partition coefficient (Wildman–Crippen LogP) is 1.23. The lowest BCUT2D eigenvalue weighted by Gasteiger charge is -2.09. The standard InChI is InChI=1S/C4H3IN2O2/c5-4(9-3-8)1-2-6-7-4/h1-3H. The molecule has 5 heteroatoms. The van der Waals surface area contributed by atoms with E-state index in [1.165, 1.54) is 6.20 Å². The predicted molar refractivity (Wildman–Crippen MR) is 37.9 cm³/mol. The summed E-state index contributed by atoms with van der Waals surface area (Å²) in [5.41, 5.74) is 0. The molecule has 0 aromatic carbocycles. The van der Waals surface area contributed by atoms with Gasteiger partial charge in [-0.25, -0.2) is 0 Å². The number of rotatable bonds is 2. The fraction of sp³-hybridized carbons (Fsp3) is 0.250. The molecule has 0 amide bonds. The van der Waals surface area contributed by atoms with Crippen molar-refractivity contribution in [3.05, 3.63) is 12.3 Å². The van der Waals surface area contributed by atoms with Gasteiger partial charge < -0.3 is 4.74 Å². The average Bonchev–Trinajstić information content (AvgIpc) is 2.16. The largest absolute Gasteiger partial charge is 0.424 e. The van der Waals surface area contributed by atoms with Crippen molar-refractivity contribution in [3.63, 3.8) is 0 Å². The van der Waals surface area contributed by atoms with Crippen molar-refractivity contribution in [2.75, 3.05) is 0 Å². The van der Waals surface area contributed by atoms with E-state index in [0.29, 0.717) is 6.47 Å². The van der Waals surface area contributed by atoms with Gasteiger partial charge in [-0.15, -0.1) is 5.11 Å². The van der Waals surface area contributed by atoms with Gasteiger partial charge in [-0.2, -0.15) is 5.11 Å². The summed E-state index contributed by atoms with van der Waals surface area (Å²) in [6.45, 7) is 0.348. The molecule has 0 saturated carbocycles. The quantitative estimate of drug-likeness (QED) is 0.314. The molecule has 1 rings (SSSR count). The van der Waals surface area contributed by atoms with Crippen molar-refractivity contribution in [2.24, 2.45) is 10.2 Å². The van der Waals surface area contributed by atoms with Crippen molar-refractivity contribution < 1.29 is 9.53 Å². The number of azo groups is 1. The van der Waals surface area contributed by atoms with Gasteiger partial charge in [0, 0.05) is 28.7 Å². The third-order valence-electron chi connectivity index (χ3n) is 0.754. The van der Waals surface area contributed by atoms with E-state index in [4.69, 9.17) is 0 Å². The van der Waals surface area contributed by atoms with Gasteiger partial charge in [-0.1, -0.05) is 0 Å². The fourth-order valence-electron chi connectivity index (χ4n) is 0.401. The summed E-state index contributed by atoms with van der Waals surface area (Å²) in [6.07, 6.45) is 3.07. The van der Waals surface area contributed by atoms with Crippen LogP contribution < -0.4 is 0 Å². The number of hydrogen-bond acceptors (Lipinski definition) is 4. The first-order valence-electron chi connectivity index (χ1n) is 2.17. The number of halogens is 1. The maximum absolute atomic E-state index is 9.80. The third-order valence-corrected chi connectivity index (χ3v) is 1.58. The van der Waals surface area contributed by atoms with Crippen molar-refractivity contribution in [1.29, 1.82) is 0 Å². The molecule has 1 aliphatic heterocycles. The molecule has 1 atom stereocenters. The summed E-state index contributed by atoms with van der Waals surface area (Å²) >= 11 is 1.86. The normalized spacial score (nSPS) is 30.8. The molecular formula is C4H3IN2O2. The van der Waals surface area contributed by atoms with Crippen LogP contribution in [0.3, 0.4) is 0 Å². The second-order valence-corrected chi connectivity index (χ2v) is 2.90. The number of alkyl halides is 1. The second-order valence-electron chi connectivity index (χ2n) is 1.35. The van der Waals surface area contributed by atoms with Gasteiger partial charge in [0.2, 0.25) is 0 Å². The highest BCUT2D eigenvalue weighted by Crippen LogP contribution is 2.27. The smallest absolute Gasteiger partial charge is 0.296 e.